The lowest BCUT2D eigenvalue weighted by Crippen LogP contribution is -2.30. The Morgan fingerprint density at radius 2 is 2.13 bits per heavy atom. The number of benzene rings is 1. The van der Waals surface area contributed by atoms with Gasteiger partial charge in [0.25, 0.3) is 5.56 Å². The van der Waals surface area contributed by atoms with Crippen LogP contribution in [0.5, 0.6) is 5.75 Å². The fraction of sp³-hybridized carbons (Fsp3) is 0.235. The van der Waals surface area contributed by atoms with Crippen molar-refractivity contribution in [2.24, 2.45) is 0 Å². The lowest BCUT2D eigenvalue weighted by atomic mass is 10.1. The van der Waals surface area contributed by atoms with E-state index in [9.17, 15) is 4.79 Å². The summed E-state index contributed by atoms with van der Waals surface area (Å²) < 4.78 is 6.75. The summed E-state index contributed by atoms with van der Waals surface area (Å²) in [7, 11) is 1.62. The Morgan fingerprint density at radius 3 is 2.91 bits per heavy atom. The Hall–Kier alpha value is -2.89. The van der Waals surface area contributed by atoms with Gasteiger partial charge < -0.3 is 4.74 Å². The van der Waals surface area contributed by atoms with E-state index >= 15 is 0 Å². The van der Waals surface area contributed by atoms with Crippen molar-refractivity contribution in [3.05, 3.63) is 56.6 Å². The van der Waals surface area contributed by atoms with Crippen LogP contribution in [-0.2, 0) is 6.42 Å². The summed E-state index contributed by atoms with van der Waals surface area (Å²) in [5, 5.41) is 5.96. The van der Waals surface area contributed by atoms with Crippen molar-refractivity contribution in [1.82, 2.24) is 19.6 Å². The predicted molar refractivity (Wildman–Crippen MR) is 86.8 cm³/mol. The van der Waals surface area contributed by atoms with Crippen molar-refractivity contribution in [2.75, 3.05) is 7.11 Å². The topological polar surface area (TPSA) is 72.3 Å². The molecular weight excluding hydrogens is 292 g/mol. The smallest absolute Gasteiger partial charge is 0.276 e. The molecule has 0 amide bonds. The van der Waals surface area contributed by atoms with Crippen molar-refractivity contribution in [1.29, 1.82) is 0 Å². The highest BCUT2D eigenvalue weighted by Gasteiger charge is 2.10. The minimum absolute atomic E-state index is 0.192. The average molecular weight is 308 g/mol. The zero-order valence-corrected chi connectivity index (χ0v) is 12.7. The minimum atomic E-state index is -0.192. The van der Waals surface area contributed by atoms with E-state index in [0.717, 1.165) is 41.6 Å². The van der Waals surface area contributed by atoms with E-state index < -0.39 is 0 Å². The number of aromatic amines is 1. The molecule has 0 saturated carbocycles. The van der Waals surface area contributed by atoms with E-state index in [4.69, 9.17) is 4.74 Å². The lowest BCUT2D eigenvalue weighted by Gasteiger charge is -2.06. The maximum atomic E-state index is 12.3. The molecule has 1 aliphatic rings. The number of ether oxygens (including phenoxy) is 1. The molecule has 0 unspecified atom stereocenters. The van der Waals surface area contributed by atoms with Gasteiger partial charge in [-0.2, -0.15) is 9.61 Å². The van der Waals surface area contributed by atoms with Gasteiger partial charge in [0.05, 0.1) is 18.2 Å². The highest BCUT2D eigenvalue weighted by Crippen LogP contribution is 2.11. The molecule has 0 radical (unpaired) electrons. The van der Waals surface area contributed by atoms with E-state index in [1.807, 2.05) is 24.3 Å². The third-order valence-electron chi connectivity index (χ3n) is 4.00. The SMILES string of the molecule is COc1ccc(/C=c2/c(=O)[nH]c3nc4c(nn23)CCCC=4)cc1. The molecule has 0 bridgehead atoms. The molecule has 0 spiro atoms. The van der Waals surface area contributed by atoms with Gasteiger partial charge >= 0.3 is 0 Å². The van der Waals surface area contributed by atoms with Crippen LogP contribution in [0.25, 0.3) is 17.9 Å². The standard InChI is InChI=1S/C17H16N4O2/c1-23-12-8-6-11(7-9-12)10-15-16(22)19-17-18-13-4-2-3-5-14(13)20-21(15)17/h4,6-10H,2-3,5H2,1H3,(H,18,19,22)/b15-10-. The lowest BCUT2D eigenvalue weighted by molar-refractivity contribution is 0.415. The summed E-state index contributed by atoms with van der Waals surface area (Å²) in [4.78, 5) is 19.6. The van der Waals surface area contributed by atoms with E-state index in [2.05, 4.69) is 21.1 Å². The first-order valence-corrected chi connectivity index (χ1v) is 7.58. The molecule has 23 heavy (non-hydrogen) atoms. The minimum Gasteiger partial charge on any atom is -0.497 e. The number of H-pyrrole nitrogens is 1. The highest BCUT2D eigenvalue weighted by atomic mass is 16.5. The Balaban J connectivity index is 1.93. The molecule has 0 saturated heterocycles. The van der Waals surface area contributed by atoms with E-state index in [-0.39, 0.29) is 5.56 Å². The maximum Gasteiger partial charge on any atom is 0.276 e. The van der Waals surface area contributed by atoms with Gasteiger partial charge in [0, 0.05) is 0 Å². The van der Waals surface area contributed by atoms with Crippen molar-refractivity contribution >= 4 is 17.9 Å². The summed E-state index contributed by atoms with van der Waals surface area (Å²) in [6.45, 7) is 0. The third kappa shape index (κ3) is 2.42. The maximum absolute atomic E-state index is 12.3. The number of nitrogens with one attached hydrogen (secondary N) is 1. The monoisotopic (exact) mass is 308 g/mol. The normalized spacial score (nSPS) is 14.6. The fourth-order valence-electron chi connectivity index (χ4n) is 2.79. The van der Waals surface area contributed by atoms with Gasteiger partial charge in [0.2, 0.25) is 5.78 Å². The largest absolute Gasteiger partial charge is 0.497 e. The molecule has 6 nitrogen and oxygen atoms in total. The quantitative estimate of drug-likeness (QED) is 0.742. The fourth-order valence-corrected chi connectivity index (χ4v) is 2.79. The van der Waals surface area contributed by atoms with Crippen LogP contribution in [-0.4, -0.2) is 26.7 Å². The number of nitrogens with zero attached hydrogens (tertiary/aromatic N) is 3. The van der Waals surface area contributed by atoms with Gasteiger partial charge in [-0.05, 0) is 43.0 Å². The van der Waals surface area contributed by atoms with Crippen molar-refractivity contribution < 1.29 is 4.74 Å². The molecule has 4 rings (SSSR count). The zero-order chi connectivity index (χ0) is 15.8. The second-order valence-corrected chi connectivity index (χ2v) is 5.53. The van der Waals surface area contributed by atoms with Crippen LogP contribution in [0.2, 0.25) is 0 Å². The molecule has 3 aromatic rings. The second kappa shape index (κ2) is 5.39. The number of rotatable bonds is 2. The number of imidazole rings is 1. The molecule has 6 heteroatoms. The summed E-state index contributed by atoms with van der Waals surface area (Å²) in [6, 6.07) is 7.52. The van der Waals surface area contributed by atoms with Crippen LogP contribution < -0.4 is 21.0 Å². The summed E-state index contributed by atoms with van der Waals surface area (Å²) in [6.07, 6.45) is 6.85. The molecule has 1 aromatic carbocycles. The van der Waals surface area contributed by atoms with Gasteiger partial charge in [-0.15, -0.1) is 0 Å². The molecule has 0 fully saturated rings. The third-order valence-corrected chi connectivity index (χ3v) is 4.00. The molecule has 2 heterocycles. The number of aromatic nitrogens is 4. The van der Waals surface area contributed by atoms with E-state index in [1.165, 1.54) is 0 Å². The number of aryl methyl sites for hydroxylation is 1. The average Bonchev–Trinajstić information content (AvgIpc) is 2.88. The Morgan fingerprint density at radius 1 is 1.30 bits per heavy atom. The number of fused-ring (bicyclic) bond motifs is 2. The van der Waals surface area contributed by atoms with Gasteiger partial charge in [0.15, 0.2) is 0 Å². The van der Waals surface area contributed by atoms with Crippen molar-refractivity contribution in [3.63, 3.8) is 0 Å². The van der Waals surface area contributed by atoms with Crippen LogP contribution in [0.4, 0.5) is 0 Å². The summed E-state index contributed by atoms with van der Waals surface area (Å²) >= 11 is 0. The number of hydrogen-bond acceptors (Lipinski definition) is 4. The van der Waals surface area contributed by atoms with Crippen LogP contribution >= 0.6 is 0 Å². The first kappa shape index (κ1) is 13.8. The molecule has 116 valence electrons. The Labute approximate surface area is 131 Å². The van der Waals surface area contributed by atoms with Crippen LogP contribution in [0.15, 0.2) is 29.1 Å². The number of methoxy groups -OCH3 is 1. The zero-order valence-electron chi connectivity index (χ0n) is 12.7. The van der Waals surface area contributed by atoms with Gasteiger partial charge in [-0.1, -0.05) is 18.2 Å². The molecular formula is C17H16N4O2. The first-order chi connectivity index (χ1) is 11.2. The molecule has 0 atom stereocenters. The summed E-state index contributed by atoms with van der Waals surface area (Å²) in [5.41, 5.74) is 1.66. The Bertz CT molecular complexity index is 1050. The highest BCUT2D eigenvalue weighted by molar-refractivity contribution is 5.50. The second-order valence-electron chi connectivity index (χ2n) is 5.53. The van der Waals surface area contributed by atoms with Crippen LogP contribution in [0, 0.1) is 0 Å². The first-order valence-electron chi connectivity index (χ1n) is 7.58. The molecule has 2 aromatic heterocycles. The molecule has 1 N–H and O–H groups in total. The van der Waals surface area contributed by atoms with Gasteiger partial charge in [-0.25, -0.2) is 4.98 Å². The number of hydrogen-bond donors (Lipinski definition) is 1. The summed E-state index contributed by atoms with van der Waals surface area (Å²) in [5.74, 6) is 1.26. The van der Waals surface area contributed by atoms with Gasteiger partial charge in [-0.3, -0.25) is 9.78 Å². The van der Waals surface area contributed by atoms with Crippen molar-refractivity contribution in [2.45, 2.75) is 19.3 Å². The molecule has 1 aliphatic carbocycles. The van der Waals surface area contributed by atoms with Crippen LogP contribution in [0.3, 0.4) is 0 Å². The predicted octanol–water partition coefficient (Wildman–Crippen LogP) is 0.372. The van der Waals surface area contributed by atoms with E-state index in [1.54, 1.807) is 17.7 Å². The van der Waals surface area contributed by atoms with Crippen LogP contribution in [0.1, 0.15) is 24.1 Å². The molecule has 0 aliphatic heterocycles. The Kier molecular flexibility index (Phi) is 3.22. The van der Waals surface area contributed by atoms with Crippen molar-refractivity contribution in [3.8, 4) is 5.75 Å². The van der Waals surface area contributed by atoms with Gasteiger partial charge in [0.1, 0.15) is 11.1 Å². The van der Waals surface area contributed by atoms with E-state index in [0.29, 0.717) is 11.1 Å².